The molecule has 0 bridgehead atoms. The summed E-state index contributed by atoms with van der Waals surface area (Å²) in [7, 11) is 0. The molecule has 0 aliphatic carbocycles. The van der Waals surface area contributed by atoms with Crippen molar-refractivity contribution in [3.63, 3.8) is 0 Å². The van der Waals surface area contributed by atoms with Crippen molar-refractivity contribution in [3.05, 3.63) is 0 Å². The number of unbranched alkanes of at least 4 members (excludes halogenated alkanes) is 47. The average molecular weight is 1020 g/mol. The SMILES string of the molecule is CCCCCCCCCCCCCCCCCCCCCC(=O)OC[C@@H](COC(=O)CCCCCCCCCCCCCCCCCCC)OC(=O)CCCCCCCCCCCCCCCCC(C)CC. The van der Waals surface area contributed by atoms with Crippen LogP contribution in [0.3, 0.4) is 0 Å². The third-order valence-corrected chi connectivity index (χ3v) is 15.7. The van der Waals surface area contributed by atoms with E-state index in [1.165, 1.54) is 276 Å². The van der Waals surface area contributed by atoms with Crippen molar-refractivity contribution in [2.45, 2.75) is 387 Å². The first-order valence-corrected chi connectivity index (χ1v) is 32.9. The van der Waals surface area contributed by atoms with Gasteiger partial charge in [0, 0.05) is 19.3 Å². The summed E-state index contributed by atoms with van der Waals surface area (Å²) < 4.78 is 17.0. The predicted molar refractivity (Wildman–Crippen MR) is 312 cm³/mol. The lowest BCUT2D eigenvalue weighted by molar-refractivity contribution is -0.167. The van der Waals surface area contributed by atoms with E-state index in [9.17, 15) is 14.4 Å². The van der Waals surface area contributed by atoms with E-state index in [0.717, 1.165) is 63.7 Å². The molecule has 72 heavy (non-hydrogen) atoms. The minimum absolute atomic E-state index is 0.0610. The quantitative estimate of drug-likeness (QED) is 0.0343. The molecular formula is C66H128O6. The van der Waals surface area contributed by atoms with Crippen molar-refractivity contribution < 1.29 is 28.6 Å². The van der Waals surface area contributed by atoms with Crippen LogP contribution in [-0.2, 0) is 28.6 Å². The highest BCUT2D eigenvalue weighted by Crippen LogP contribution is 2.19. The lowest BCUT2D eigenvalue weighted by Crippen LogP contribution is -2.30. The van der Waals surface area contributed by atoms with Crippen LogP contribution >= 0.6 is 0 Å². The van der Waals surface area contributed by atoms with Gasteiger partial charge in [0.05, 0.1) is 0 Å². The molecule has 0 aromatic heterocycles. The van der Waals surface area contributed by atoms with E-state index in [-0.39, 0.29) is 31.1 Å². The van der Waals surface area contributed by atoms with Crippen molar-refractivity contribution in [2.75, 3.05) is 13.2 Å². The first-order valence-electron chi connectivity index (χ1n) is 32.9. The molecule has 428 valence electrons. The Bertz CT molecular complexity index is 1090. The van der Waals surface area contributed by atoms with Crippen LogP contribution in [0.4, 0.5) is 0 Å². The molecule has 0 N–H and O–H groups in total. The lowest BCUT2D eigenvalue weighted by atomic mass is 9.99. The molecule has 2 atom stereocenters. The monoisotopic (exact) mass is 1020 g/mol. The molecule has 0 spiro atoms. The Morgan fingerprint density at radius 3 is 0.722 bits per heavy atom. The second kappa shape index (κ2) is 60.3. The summed E-state index contributed by atoms with van der Waals surface area (Å²) in [6.07, 6.45) is 68.1. The van der Waals surface area contributed by atoms with E-state index in [1.807, 2.05) is 0 Å². The molecule has 0 aliphatic rings. The van der Waals surface area contributed by atoms with Crippen LogP contribution < -0.4 is 0 Å². The maximum atomic E-state index is 12.9. The number of carbonyl (C=O) groups is 3. The Balaban J connectivity index is 4.29. The molecule has 0 aliphatic heterocycles. The summed E-state index contributed by atoms with van der Waals surface area (Å²) in [4.78, 5) is 38.4. The Kier molecular flexibility index (Phi) is 58.9. The van der Waals surface area contributed by atoms with Gasteiger partial charge in [-0.2, -0.15) is 0 Å². The molecule has 1 unspecified atom stereocenters. The molecule has 0 heterocycles. The van der Waals surface area contributed by atoms with E-state index in [2.05, 4.69) is 27.7 Å². The normalized spacial score (nSPS) is 12.3. The summed E-state index contributed by atoms with van der Waals surface area (Å²) in [6.45, 7) is 9.13. The van der Waals surface area contributed by atoms with Gasteiger partial charge in [0.1, 0.15) is 13.2 Å². The third-order valence-electron chi connectivity index (χ3n) is 15.7. The highest BCUT2D eigenvalue weighted by Gasteiger charge is 2.19. The number of esters is 3. The zero-order chi connectivity index (χ0) is 52.3. The lowest BCUT2D eigenvalue weighted by Gasteiger charge is -2.18. The van der Waals surface area contributed by atoms with Crippen LogP contribution in [-0.4, -0.2) is 37.2 Å². The van der Waals surface area contributed by atoms with Gasteiger partial charge < -0.3 is 14.2 Å². The van der Waals surface area contributed by atoms with Gasteiger partial charge in [-0.05, 0) is 25.2 Å². The summed E-state index contributed by atoms with van der Waals surface area (Å²) in [5.41, 5.74) is 0. The summed E-state index contributed by atoms with van der Waals surface area (Å²) >= 11 is 0. The van der Waals surface area contributed by atoms with E-state index in [4.69, 9.17) is 14.2 Å². The van der Waals surface area contributed by atoms with Gasteiger partial charge >= 0.3 is 17.9 Å². The average Bonchev–Trinajstić information content (AvgIpc) is 3.38. The molecule has 0 saturated carbocycles. The fourth-order valence-corrected chi connectivity index (χ4v) is 10.3. The van der Waals surface area contributed by atoms with Crippen molar-refractivity contribution in [3.8, 4) is 0 Å². The van der Waals surface area contributed by atoms with E-state index in [1.54, 1.807) is 0 Å². The van der Waals surface area contributed by atoms with Crippen molar-refractivity contribution >= 4 is 17.9 Å². The summed E-state index contributed by atoms with van der Waals surface area (Å²) in [5.74, 6) is 0.0690. The van der Waals surface area contributed by atoms with Gasteiger partial charge in [-0.3, -0.25) is 14.4 Å². The standard InChI is InChI=1S/C66H128O6/c1-5-8-10-12-14-16-18-20-22-24-25-27-29-34-38-42-46-50-54-58-65(68)71-61-63(60-70-64(67)57-53-49-45-41-37-33-28-26-23-21-19-17-15-13-11-9-6-2)72-66(69)59-55-51-47-43-39-35-31-30-32-36-40-44-48-52-56-62(4)7-3/h62-63H,5-61H2,1-4H3/t62?,63-/m1/s1. The molecule has 0 fully saturated rings. The zero-order valence-corrected chi connectivity index (χ0v) is 49.4. The number of rotatable bonds is 61. The molecule has 0 rings (SSSR count). The number of hydrogen-bond acceptors (Lipinski definition) is 6. The number of ether oxygens (including phenoxy) is 3. The van der Waals surface area contributed by atoms with Crippen molar-refractivity contribution in [1.82, 2.24) is 0 Å². The van der Waals surface area contributed by atoms with Crippen molar-refractivity contribution in [2.24, 2.45) is 5.92 Å². The molecule has 0 saturated heterocycles. The van der Waals surface area contributed by atoms with Crippen LogP contribution in [0, 0.1) is 5.92 Å². The van der Waals surface area contributed by atoms with Crippen molar-refractivity contribution in [1.29, 1.82) is 0 Å². The van der Waals surface area contributed by atoms with E-state index in [0.29, 0.717) is 19.3 Å². The summed E-state index contributed by atoms with van der Waals surface area (Å²) in [6, 6.07) is 0. The highest BCUT2D eigenvalue weighted by atomic mass is 16.6. The molecule has 0 aromatic rings. The molecule has 0 radical (unpaired) electrons. The molecular weight excluding hydrogens is 889 g/mol. The van der Waals surface area contributed by atoms with Gasteiger partial charge in [-0.15, -0.1) is 0 Å². The van der Waals surface area contributed by atoms with Crippen LogP contribution in [0.5, 0.6) is 0 Å². The van der Waals surface area contributed by atoms with E-state index >= 15 is 0 Å². The van der Waals surface area contributed by atoms with Gasteiger partial charge in [0.15, 0.2) is 6.10 Å². The Morgan fingerprint density at radius 1 is 0.278 bits per heavy atom. The highest BCUT2D eigenvalue weighted by molar-refractivity contribution is 5.71. The molecule has 0 aromatic carbocycles. The maximum Gasteiger partial charge on any atom is 0.306 e. The van der Waals surface area contributed by atoms with Crippen LogP contribution in [0.15, 0.2) is 0 Å². The Morgan fingerprint density at radius 2 is 0.486 bits per heavy atom. The van der Waals surface area contributed by atoms with E-state index < -0.39 is 6.10 Å². The molecule has 6 heteroatoms. The molecule has 6 nitrogen and oxygen atoms in total. The third kappa shape index (κ3) is 57.7. The predicted octanol–water partition coefficient (Wildman–Crippen LogP) is 22.1. The minimum Gasteiger partial charge on any atom is -0.462 e. The first kappa shape index (κ1) is 70.4. The zero-order valence-electron chi connectivity index (χ0n) is 49.4. The topological polar surface area (TPSA) is 78.9 Å². The van der Waals surface area contributed by atoms with Gasteiger partial charge in [0.2, 0.25) is 0 Å². The second-order valence-electron chi connectivity index (χ2n) is 23.0. The number of carbonyl (C=O) groups excluding carboxylic acids is 3. The maximum absolute atomic E-state index is 12.9. The largest absolute Gasteiger partial charge is 0.462 e. The van der Waals surface area contributed by atoms with Crippen LogP contribution in [0.1, 0.15) is 381 Å². The Labute approximate surface area is 450 Å². The second-order valence-corrected chi connectivity index (χ2v) is 23.0. The van der Waals surface area contributed by atoms with Gasteiger partial charge in [0.25, 0.3) is 0 Å². The smallest absolute Gasteiger partial charge is 0.306 e. The number of hydrogen-bond donors (Lipinski definition) is 0. The first-order chi connectivity index (χ1) is 35.4. The minimum atomic E-state index is -0.763. The fraction of sp³-hybridized carbons (Fsp3) is 0.955. The fourth-order valence-electron chi connectivity index (χ4n) is 10.3. The van der Waals surface area contributed by atoms with Gasteiger partial charge in [-0.1, -0.05) is 342 Å². The summed E-state index contributed by atoms with van der Waals surface area (Å²) in [5, 5.41) is 0. The van der Waals surface area contributed by atoms with Crippen LogP contribution in [0.25, 0.3) is 0 Å². The Hall–Kier alpha value is -1.59. The van der Waals surface area contributed by atoms with Crippen LogP contribution in [0.2, 0.25) is 0 Å². The van der Waals surface area contributed by atoms with Gasteiger partial charge in [-0.25, -0.2) is 0 Å². The molecule has 0 amide bonds.